The van der Waals surface area contributed by atoms with Crippen molar-refractivity contribution in [2.75, 3.05) is 4.90 Å². The molecule has 28 heavy (non-hydrogen) atoms. The minimum absolute atomic E-state index is 0.324. The van der Waals surface area contributed by atoms with Crippen molar-refractivity contribution in [2.24, 2.45) is 0 Å². The Morgan fingerprint density at radius 3 is 2.79 bits per heavy atom. The van der Waals surface area contributed by atoms with Gasteiger partial charge in [-0.1, -0.05) is 12.1 Å². The Balaban J connectivity index is 1.75. The number of para-hydroxylation sites is 1. The Hall–Kier alpha value is -3.21. The highest BCUT2D eigenvalue weighted by atomic mass is 16.6. The highest BCUT2D eigenvalue weighted by Gasteiger charge is 2.33. The van der Waals surface area contributed by atoms with E-state index in [2.05, 4.69) is 29.7 Å². The summed E-state index contributed by atoms with van der Waals surface area (Å²) in [6.45, 7) is 8.22. The van der Waals surface area contributed by atoms with E-state index in [4.69, 9.17) is 9.15 Å². The number of nitrogens with zero attached hydrogens (tertiary/aromatic N) is 2. The van der Waals surface area contributed by atoms with Crippen LogP contribution in [-0.2, 0) is 11.3 Å². The lowest BCUT2D eigenvalue weighted by Gasteiger charge is -2.33. The molecule has 0 unspecified atom stereocenters. The molecule has 0 bridgehead atoms. The molecule has 5 nitrogen and oxygen atoms in total. The summed E-state index contributed by atoms with van der Waals surface area (Å²) in [4.78, 5) is 14.7. The molecule has 0 saturated carbocycles. The van der Waals surface area contributed by atoms with Crippen molar-refractivity contribution in [1.82, 2.24) is 4.57 Å². The monoisotopic (exact) mass is 374 g/mol. The molecule has 3 heterocycles. The number of aryl methyl sites for hydroxylation is 1. The number of carbonyl (C=O) groups is 1. The molecule has 1 amide bonds. The van der Waals surface area contributed by atoms with E-state index < -0.39 is 5.60 Å². The lowest BCUT2D eigenvalue weighted by molar-refractivity contribution is 0.0575. The van der Waals surface area contributed by atoms with Crippen LogP contribution >= 0.6 is 0 Å². The minimum atomic E-state index is -0.543. The maximum atomic E-state index is 12.9. The molecule has 2 aromatic rings. The zero-order valence-corrected chi connectivity index (χ0v) is 16.4. The number of carbonyl (C=O) groups excluding carboxylic acids is 1. The Morgan fingerprint density at radius 1 is 1.18 bits per heavy atom. The third-order valence-electron chi connectivity index (χ3n) is 5.16. The molecule has 5 heteroatoms. The summed E-state index contributed by atoms with van der Waals surface area (Å²) in [5, 5.41) is 1.15. The zero-order chi connectivity index (χ0) is 19.6. The van der Waals surface area contributed by atoms with Crippen LogP contribution in [0.3, 0.4) is 0 Å². The number of anilines is 1. The van der Waals surface area contributed by atoms with Crippen molar-refractivity contribution in [1.29, 1.82) is 0 Å². The summed E-state index contributed by atoms with van der Waals surface area (Å²) in [7, 11) is 0. The molecule has 0 atom stereocenters. The summed E-state index contributed by atoms with van der Waals surface area (Å²) >= 11 is 0. The van der Waals surface area contributed by atoms with Gasteiger partial charge in [0.25, 0.3) is 0 Å². The van der Waals surface area contributed by atoms with Gasteiger partial charge in [-0.05, 0) is 57.5 Å². The normalized spacial score (nSPS) is 13.6. The highest BCUT2D eigenvalue weighted by Crippen LogP contribution is 2.43. The van der Waals surface area contributed by atoms with Crippen molar-refractivity contribution in [3.8, 4) is 16.8 Å². The predicted octanol–water partition coefficient (Wildman–Crippen LogP) is 5.89. The molecule has 3 aliphatic rings. The molecule has 0 spiro atoms. The summed E-state index contributed by atoms with van der Waals surface area (Å²) < 4.78 is 13.3. The molecule has 0 fully saturated rings. The topological polar surface area (TPSA) is 47.6 Å². The van der Waals surface area contributed by atoms with E-state index in [9.17, 15) is 4.79 Å². The molecule has 5 rings (SSSR count). The molecule has 1 aliphatic carbocycles. The second-order valence-corrected chi connectivity index (χ2v) is 8.35. The average molecular weight is 374 g/mol. The first-order valence-electron chi connectivity index (χ1n) is 9.43. The summed E-state index contributed by atoms with van der Waals surface area (Å²) in [6, 6.07) is 12.3. The van der Waals surface area contributed by atoms with Crippen LogP contribution in [0.2, 0.25) is 0 Å². The Bertz CT molecular complexity index is 1190. The van der Waals surface area contributed by atoms with Crippen LogP contribution in [0.25, 0.3) is 27.7 Å². The summed E-state index contributed by atoms with van der Waals surface area (Å²) in [5.74, 6) is 0. The number of hydrogen-bond acceptors (Lipinski definition) is 3. The van der Waals surface area contributed by atoms with Gasteiger partial charge in [-0.3, -0.25) is 4.90 Å². The van der Waals surface area contributed by atoms with Gasteiger partial charge in [0.1, 0.15) is 5.60 Å². The standard InChI is InChI=1S/C23H22N2O3/c1-14-6-5-7-19-20(14)25-17(12-24(19)22(26)28-23(2,3)4)11-15-10-16-13-27-9-8-18(16)21(15)25/h5-11,13H,12H2,1-4H3. The number of fused-ring (bicyclic) bond motifs is 7. The molecule has 0 saturated heterocycles. The van der Waals surface area contributed by atoms with Gasteiger partial charge in [-0.25, -0.2) is 4.79 Å². The predicted molar refractivity (Wildman–Crippen MR) is 109 cm³/mol. The Morgan fingerprint density at radius 2 is 2.00 bits per heavy atom. The molecular weight excluding hydrogens is 352 g/mol. The Labute approximate surface area is 163 Å². The highest BCUT2D eigenvalue weighted by molar-refractivity contribution is 6.04. The first-order chi connectivity index (χ1) is 13.3. The first kappa shape index (κ1) is 16.9. The van der Waals surface area contributed by atoms with Crippen molar-refractivity contribution in [3.63, 3.8) is 0 Å². The second kappa shape index (κ2) is 5.64. The smallest absolute Gasteiger partial charge is 0.415 e. The van der Waals surface area contributed by atoms with Crippen molar-refractivity contribution in [3.05, 3.63) is 60.2 Å². The van der Waals surface area contributed by atoms with Crippen LogP contribution in [0.15, 0.2) is 53.3 Å². The molecule has 1 aromatic carbocycles. The van der Waals surface area contributed by atoms with Gasteiger partial charge in [-0.2, -0.15) is 0 Å². The van der Waals surface area contributed by atoms with Gasteiger partial charge in [0.15, 0.2) is 0 Å². The van der Waals surface area contributed by atoms with Gasteiger partial charge in [-0.15, -0.1) is 0 Å². The van der Waals surface area contributed by atoms with Crippen LogP contribution in [0.1, 0.15) is 32.0 Å². The zero-order valence-electron chi connectivity index (χ0n) is 16.4. The second-order valence-electron chi connectivity index (χ2n) is 8.35. The Kier molecular flexibility index (Phi) is 3.41. The third-order valence-corrected chi connectivity index (χ3v) is 5.16. The van der Waals surface area contributed by atoms with E-state index in [0.29, 0.717) is 6.54 Å². The SMILES string of the molecule is Cc1cccc2c1-n1c(cc3cc4coccc-4c31)CN2C(=O)OC(C)(C)C. The fraction of sp³-hybridized carbons (Fsp3) is 0.261. The van der Waals surface area contributed by atoms with E-state index in [1.54, 1.807) is 17.4 Å². The van der Waals surface area contributed by atoms with Gasteiger partial charge >= 0.3 is 6.09 Å². The maximum absolute atomic E-state index is 12.9. The summed E-state index contributed by atoms with van der Waals surface area (Å²) in [6.07, 6.45) is 3.16. The number of hydrogen-bond donors (Lipinski definition) is 0. The van der Waals surface area contributed by atoms with E-state index in [-0.39, 0.29) is 6.09 Å². The number of amides is 1. The van der Waals surface area contributed by atoms with E-state index in [0.717, 1.165) is 44.7 Å². The minimum Gasteiger partial charge on any atom is -0.472 e. The number of ether oxygens (including phenoxy) is 1. The van der Waals surface area contributed by atoms with Gasteiger partial charge in [0, 0.05) is 22.2 Å². The lowest BCUT2D eigenvalue weighted by atomic mass is 10.1. The fourth-order valence-electron chi connectivity index (χ4n) is 4.10. The van der Waals surface area contributed by atoms with Crippen LogP contribution < -0.4 is 4.90 Å². The van der Waals surface area contributed by atoms with Gasteiger partial charge < -0.3 is 13.7 Å². The van der Waals surface area contributed by atoms with E-state index in [1.165, 1.54) is 0 Å². The maximum Gasteiger partial charge on any atom is 0.415 e. The van der Waals surface area contributed by atoms with Crippen molar-refractivity contribution >= 4 is 22.7 Å². The van der Waals surface area contributed by atoms with Crippen molar-refractivity contribution < 1.29 is 13.9 Å². The number of rotatable bonds is 0. The van der Waals surface area contributed by atoms with Gasteiger partial charge in [0.05, 0.1) is 36.0 Å². The van der Waals surface area contributed by atoms with Gasteiger partial charge in [0.2, 0.25) is 0 Å². The largest absolute Gasteiger partial charge is 0.472 e. The average Bonchev–Trinajstić information content (AvgIpc) is 3.15. The molecule has 142 valence electrons. The molecule has 0 N–H and O–H groups in total. The quantitative estimate of drug-likeness (QED) is 0.385. The molecule has 0 radical (unpaired) electrons. The molecular formula is C23H22N2O3. The van der Waals surface area contributed by atoms with Crippen molar-refractivity contribution in [2.45, 2.75) is 39.8 Å². The molecule has 2 aliphatic heterocycles. The number of benzene rings is 1. The molecule has 1 aromatic heterocycles. The van der Waals surface area contributed by atoms with Crippen LogP contribution in [0.5, 0.6) is 0 Å². The summed E-state index contributed by atoms with van der Waals surface area (Å²) in [5.41, 5.74) is 6.91. The van der Waals surface area contributed by atoms with Crippen LogP contribution in [-0.4, -0.2) is 16.3 Å². The van der Waals surface area contributed by atoms with Crippen LogP contribution in [0.4, 0.5) is 10.5 Å². The lowest BCUT2D eigenvalue weighted by Crippen LogP contribution is -2.39. The first-order valence-corrected chi connectivity index (χ1v) is 9.43. The van der Waals surface area contributed by atoms with Crippen LogP contribution in [0, 0.1) is 6.92 Å². The fourth-order valence-corrected chi connectivity index (χ4v) is 4.10. The number of aromatic nitrogens is 1. The third kappa shape index (κ3) is 2.43. The van der Waals surface area contributed by atoms with E-state index in [1.807, 2.05) is 39.0 Å². The van der Waals surface area contributed by atoms with E-state index >= 15 is 0 Å².